The minimum Gasteiger partial charge on any atom is -0.497 e. The molecule has 3 aliphatic rings. The smallest absolute Gasteiger partial charge is 0.229 e. The summed E-state index contributed by atoms with van der Waals surface area (Å²) in [4.78, 5) is 24.1. The van der Waals surface area contributed by atoms with Crippen LogP contribution in [0.15, 0.2) is 35.7 Å². The maximum absolute atomic E-state index is 5.76. The van der Waals surface area contributed by atoms with Gasteiger partial charge in [-0.2, -0.15) is 9.97 Å². The highest BCUT2D eigenvalue weighted by atomic mass is 32.1. The van der Waals surface area contributed by atoms with E-state index in [1.807, 2.05) is 24.3 Å². The highest BCUT2D eigenvalue weighted by molar-refractivity contribution is 7.80. The standard InChI is InChI=1S/C27H34N8OS2/c1-36-21-8-6-20(7-9-21)22-19-38-26(28-22)31-27(37)35-16-14-33(15-17-35)24-18-23(32-10-2-3-11-32)29-25(30-24)34-12-4-5-13-34/h6-9,18-19H,2-5,10-17H2,1H3,(H,28,31,37). The van der Waals surface area contributed by atoms with Crippen molar-refractivity contribution in [2.75, 3.05) is 79.5 Å². The van der Waals surface area contributed by atoms with E-state index in [0.29, 0.717) is 0 Å². The number of methoxy groups -OCH3 is 1. The second kappa shape index (κ2) is 11.3. The zero-order valence-electron chi connectivity index (χ0n) is 21.8. The van der Waals surface area contributed by atoms with E-state index in [-0.39, 0.29) is 0 Å². The summed E-state index contributed by atoms with van der Waals surface area (Å²) in [5.41, 5.74) is 1.99. The van der Waals surface area contributed by atoms with Crippen molar-refractivity contribution in [3.63, 3.8) is 0 Å². The van der Waals surface area contributed by atoms with E-state index < -0.39 is 0 Å². The number of piperazine rings is 1. The third-order valence-corrected chi connectivity index (χ3v) is 8.62. The minimum atomic E-state index is 0.721. The van der Waals surface area contributed by atoms with Gasteiger partial charge in [-0.05, 0) is 62.2 Å². The molecule has 1 aromatic carbocycles. The summed E-state index contributed by atoms with van der Waals surface area (Å²) in [6.07, 6.45) is 4.91. The lowest BCUT2D eigenvalue weighted by Gasteiger charge is -2.37. The second-order valence-corrected chi connectivity index (χ2v) is 11.2. The van der Waals surface area contributed by atoms with Crippen molar-refractivity contribution in [2.24, 2.45) is 0 Å². The number of anilines is 4. The van der Waals surface area contributed by atoms with Crippen molar-refractivity contribution in [1.29, 1.82) is 0 Å². The van der Waals surface area contributed by atoms with Gasteiger partial charge in [0, 0.05) is 69.4 Å². The molecule has 3 saturated heterocycles. The number of hydrogen-bond donors (Lipinski definition) is 1. The monoisotopic (exact) mass is 550 g/mol. The first-order chi connectivity index (χ1) is 18.7. The van der Waals surface area contributed by atoms with Gasteiger partial charge < -0.3 is 29.7 Å². The van der Waals surface area contributed by atoms with Gasteiger partial charge in [0.2, 0.25) is 5.95 Å². The van der Waals surface area contributed by atoms with E-state index in [1.165, 1.54) is 25.7 Å². The number of benzene rings is 1. The summed E-state index contributed by atoms with van der Waals surface area (Å²) in [6, 6.07) is 10.1. The molecule has 5 heterocycles. The molecule has 3 aromatic rings. The Hall–Kier alpha value is -3.18. The van der Waals surface area contributed by atoms with E-state index >= 15 is 0 Å². The Morgan fingerprint density at radius 1 is 0.816 bits per heavy atom. The molecule has 38 heavy (non-hydrogen) atoms. The van der Waals surface area contributed by atoms with Crippen LogP contribution < -0.4 is 24.8 Å². The van der Waals surface area contributed by atoms with Gasteiger partial charge in [-0.15, -0.1) is 11.3 Å². The Morgan fingerprint density at radius 2 is 1.42 bits per heavy atom. The maximum Gasteiger partial charge on any atom is 0.229 e. The Labute approximate surface area is 233 Å². The van der Waals surface area contributed by atoms with Gasteiger partial charge in [0.25, 0.3) is 0 Å². The summed E-state index contributed by atoms with van der Waals surface area (Å²) in [5, 5.41) is 6.94. The zero-order valence-corrected chi connectivity index (χ0v) is 23.4. The average Bonchev–Trinajstić information content (AvgIpc) is 3.76. The molecular formula is C27H34N8OS2. The van der Waals surface area contributed by atoms with Crippen molar-refractivity contribution in [3.8, 4) is 17.0 Å². The molecule has 0 saturated carbocycles. The first-order valence-corrected chi connectivity index (χ1v) is 14.7. The summed E-state index contributed by atoms with van der Waals surface area (Å²) in [5.74, 6) is 3.83. The lowest BCUT2D eigenvalue weighted by atomic mass is 10.2. The van der Waals surface area contributed by atoms with Gasteiger partial charge in [0.15, 0.2) is 10.2 Å². The number of nitrogens with zero attached hydrogens (tertiary/aromatic N) is 7. The molecule has 11 heteroatoms. The molecule has 0 radical (unpaired) electrons. The molecule has 3 aliphatic heterocycles. The quantitative estimate of drug-likeness (QED) is 0.449. The van der Waals surface area contributed by atoms with Crippen molar-refractivity contribution >= 4 is 51.4 Å². The molecule has 0 atom stereocenters. The molecule has 0 unspecified atom stereocenters. The Kier molecular flexibility index (Phi) is 7.46. The van der Waals surface area contributed by atoms with Crippen LogP contribution in [0.3, 0.4) is 0 Å². The molecule has 0 bridgehead atoms. The van der Waals surface area contributed by atoms with E-state index in [9.17, 15) is 0 Å². The number of thiazole rings is 1. The van der Waals surface area contributed by atoms with Crippen LogP contribution in [0, 0.1) is 0 Å². The number of aromatic nitrogens is 3. The number of ether oxygens (including phenoxy) is 1. The highest BCUT2D eigenvalue weighted by Gasteiger charge is 2.25. The normalized spacial score (nSPS) is 17.8. The third-order valence-electron chi connectivity index (χ3n) is 7.50. The molecule has 3 fully saturated rings. The van der Waals surface area contributed by atoms with Crippen molar-refractivity contribution in [1.82, 2.24) is 19.9 Å². The summed E-state index contributed by atoms with van der Waals surface area (Å²) < 4.78 is 5.26. The van der Waals surface area contributed by atoms with Crippen molar-refractivity contribution in [3.05, 3.63) is 35.7 Å². The fraction of sp³-hybridized carbons (Fsp3) is 0.481. The average molecular weight is 551 g/mol. The van der Waals surface area contributed by atoms with E-state index in [2.05, 4.69) is 36.4 Å². The molecule has 1 N–H and O–H groups in total. The van der Waals surface area contributed by atoms with Gasteiger partial charge in [0.05, 0.1) is 12.8 Å². The van der Waals surface area contributed by atoms with Gasteiger partial charge in [0.1, 0.15) is 17.4 Å². The van der Waals surface area contributed by atoms with Crippen LogP contribution in [0.5, 0.6) is 5.75 Å². The number of rotatable bonds is 6. The van der Waals surface area contributed by atoms with Crippen LogP contribution >= 0.6 is 23.6 Å². The molecule has 200 valence electrons. The fourth-order valence-corrected chi connectivity index (χ4v) is 6.34. The van der Waals surface area contributed by atoms with Crippen LogP contribution in [0.25, 0.3) is 11.3 Å². The summed E-state index contributed by atoms with van der Waals surface area (Å²) in [6.45, 7) is 7.68. The first-order valence-electron chi connectivity index (χ1n) is 13.5. The lowest BCUT2D eigenvalue weighted by molar-refractivity contribution is 0.389. The van der Waals surface area contributed by atoms with Gasteiger partial charge >= 0.3 is 0 Å². The molecule has 6 rings (SSSR count). The predicted octanol–water partition coefficient (Wildman–Crippen LogP) is 4.33. The first kappa shape index (κ1) is 25.1. The molecule has 9 nitrogen and oxygen atoms in total. The van der Waals surface area contributed by atoms with Crippen LogP contribution in [0.4, 0.5) is 22.7 Å². The Morgan fingerprint density at radius 3 is 2.05 bits per heavy atom. The van der Waals surface area contributed by atoms with Crippen molar-refractivity contribution in [2.45, 2.75) is 25.7 Å². The van der Waals surface area contributed by atoms with Crippen molar-refractivity contribution < 1.29 is 4.74 Å². The second-order valence-electron chi connectivity index (χ2n) is 9.94. The van der Waals surface area contributed by atoms with Crippen LogP contribution in [0.2, 0.25) is 0 Å². The van der Waals surface area contributed by atoms with E-state index in [1.54, 1.807) is 18.4 Å². The Balaban J connectivity index is 1.09. The summed E-state index contributed by atoms with van der Waals surface area (Å²) >= 11 is 7.33. The number of hydrogen-bond acceptors (Lipinski definition) is 9. The summed E-state index contributed by atoms with van der Waals surface area (Å²) in [7, 11) is 1.67. The lowest BCUT2D eigenvalue weighted by Crippen LogP contribution is -2.50. The SMILES string of the molecule is COc1ccc(-c2csc(NC(=S)N3CCN(c4cc(N5CCCC5)nc(N5CCCC5)n4)CC3)n2)cc1. The topological polar surface area (TPSA) is 72.9 Å². The molecular weight excluding hydrogens is 516 g/mol. The van der Waals surface area contributed by atoms with Crippen LogP contribution in [0.1, 0.15) is 25.7 Å². The molecule has 0 amide bonds. The number of thiocarbonyl (C=S) groups is 1. The zero-order chi connectivity index (χ0) is 25.9. The predicted molar refractivity (Wildman–Crippen MR) is 159 cm³/mol. The Bertz CT molecular complexity index is 1210. The fourth-order valence-electron chi connectivity index (χ4n) is 5.27. The largest absolute Gasteiger partial charge is 0.497 e. The van der Waals surface area contributed by atoms with Gasteiger partial charge in [-0.25, -0.2) is 4.98 Å². The van der Waals surface area contributed by atoms with Gasteiger partial charge in [-0.3, -0.25) is 0 Å². The molecule has 0 aliphatic carbocycles. The highest BCUT2D eigenvalue weighted by Crippen LogP contribution is 2.29. The molecule has 0 spiro atoms. The third kappa shape index (κ3) is 5.49. The minimum absolute atomic E-state index is 0.721. The van der Waals surface area contributed by atoms with Crippen LogP contribution in [-0.2, 0) is 0 Å². The van der Waals surface area contributed by atoms with Crippen LogP contribution in [-0.4, -0.2) is 84.4 Å². The van der Waals surface area contributed by atoms with E-state index in [0.717, 1.165) is 97.2 Å². The molecule has 2 aromatic heterocycles. The van der Waals surface area contributed by atoms with E-state index in [4.69, 9.17) is 31.9 Å². The van der Waals surface area contributed by atoms with Gasteiger partial charge in [-0.1, -0.05) is 0 Å². The maximum atomic E-state index is 5.76. The number of nitrogens with one attached hydrogen (secondary N) is 1.